The summed E-state index contributed by atoms with van der Waals surface area (Å²) in [5, 5.41) is 109. The van der Waals surface area contributed by atoms with Crippen molar-refractivity contribution in [1.82, 2.24) is 0 Å². The Morgan fingerprint density at radius 3 is 1.44 bits per heavy atom. The monoisotopic (exact) mass is 504 g/mol. The van der Waals surface area contributed by atoms with E-state index >= 15 is 0 Å². The lowest BCUT2D eigenvalue weighted by Gasteiger charge is -2.43. The standard InChI is InChI=1S/C18H32O16/c19-1-4(22)12-7(24)9(26)17(31-12)33-14-6(3-21)30-16(29)15(11(14)28)34-18-10(27)8(25)13(32-18)5(23)2-20/h4-29H,1-3H2/t4-,5-,6-,7-,8-,9-,10-,11+,12+,13+,14-,15+,16?,17+,18+/m1/s1. The molecule has 3 heterocycles. The van der Waals surface area contributed by atoms with E-state index in [4.69, 9.17) is 33.9 Å². The minimum Gasteiger partial charge on any atom is -0.394 e. The minimum absolute atomic E-state index is 0.786. The van der Waals surface area contributed by atoms with Crippen LogP contribution in [0, 0.1) is 0 Å². The molecule has 15 atom stereocenters. The predicted octanol–water partition coefficient (Wildman–Crippen LogP) is -7.57. The van der Waals surface area contributed by atoms with Gasteiger partial charge in [-0.2, -0.15) is 0 Å². The topological polar surface area (TPSA) is 269 Å². The number of hydrogen-bond acceptors (Lipinski definition) is 16. The maximum Gasteiger partial charge on any atom is 0.187 e. The van der Waals surface area contributed by atoms with Gasteiger partial charge in [0.25, 0.3) is 0 Å². The minimum atomic E-state index is -1.90. The maximum atomic E-state index is 10.8. The molecule has 3 fully saturated rings. The summed E-state index contributed by atoms with van der Waals surface area (Å²) in [6.07, 6.45) is -24.6. The van der Waals surface area contributed by atoms with Crippen LogP contribution in [0.3, 0.4) is 0 Å². The van der Waals surface area contributed by atoms with Gasteiger partial charge in [0, 0.05) is 0 Å². The van der Waals surface area contributed by atoms with E-state index in [1.807, 2.05) is 0 Å². The first-order valence-electron chi connectivity index (χ1n) is 10.6. The Morgan fingerprint density at radius 1 is 0.588 bits per heavy atom. The fraction of sp³-hybridized carbons (Fsp3) is 1.00. The molecule has 3 aliphatic rings. The lowest BCUT2D eigenvalue weighted by atomic mass is 9.98. The summed E-state index contributed by atoms with van der Waals surface area (Å²) in [5.74, 6) is 0. The van der Waals surface area contributed by atoms with E-state index in [-0.39, 0.29) is 0 Å². The second-order valence-electron chi connectivity index (χ2n) is 8.34. The molecular formula is C18H32O16. The lowest BCUT2D eigenvalue weighted by Crippen LogP contribution is -2.62. The molecule has 16 heteroatoms. The summed E-state index contributed by atoms with van der Waals surface area (Å²) in [4.78, 5) is 0. The zero-order valence-electron chi connectivity index (χ0n) is 17.7. The Labute approximate surface area is 192 Å². The van der Waals surface area contributed by atoms with Crippen molar-refractivity contribution in [3.63, 3.8) is 0 Å². The van der Waals surface area contributed by atoms with E-state index in [2.05, 4.69) is 0 Å². The number of ether oxygens (including phenoxy) is 5. The van der Waals surface area contributed by atoms with Crippen LogP contribution in [0.25, 0.3) is 0 Å². The van der Waals surface area contributed by atoms with Gasteiger partial charge >= 0.3 is 0 Å². The van der Waals surface area contributed by atoms with E-state index in [1.165, 1.54) is 0 Å². The molecule has 0 aliphatic carbocycles. The molecule has 0 amide bonds. The van der Waals surface area contributed by atoms with Crippen LogP contribution in [-0.2, 0) is 23.7 Å². The lowest BCUT2D eigenvalue weighted by molar-refractivity contribution is -0.348. The van der Waals surface area contributed by atoms with Crippen molar-refractivity contribution in [2.24, 2.45) is 0 Å². The fourth-order valence-corrected chi connectivity index (χ4v) is 4.09. The van der Waals surface area contributed by atoms with Crippen molar-refractivity contribution < 1.29 is 79.9 Å². The van der Waals surface area contributed by atoms with Crippen molar-refractivity contribution in [2.75, 3.05) is 19.8 Å². The molecule has 3 saturated heterocycles. The first kappa shape index (κ1) is 27.9. The Balaban J connectivity index is 1.72. The molecule has 0 radical (unpaired) electrons. The van der Waals surface area contributed by atoms with Gasteiger partial charge in [0.2, 0.25) is 0 Å². The first-order valence-corrected chi connectivity index (χ1v) is 10.6. The molecule has 3 aliphatic heterocycles. The van der Waals surface area contributed by atoms with Crippen molar-refractivity contribution in [1.29, 1.82) is 0 Å². The molecular weight excluding hydrogens is 472 g/mol. The van der Waals surface area contributed by atoms with Gasteiger partial charge in [-0.1, -0.05) is 0 Å². The summed E-state index contributed by atoms with van der Waals surface area (Å²) in [6, 6.07) is 0. The molecule has 0 aromatic carbocycles. The molecule has 0 bridgehead atoms. The van der Waals surface area contributed by atoms with Gasteiger partial charge in [-0.3, -0.25) is 0 Å². The third-order valence-corrected chi connectivity index (χ3v) is 6.04. The smallest absolute Gasteiger partial charge is 0.187 e. The van der Waals surface area contributed by atoms with E-state index < -0.39 is 112 Å². The largest absolute Gasteiger partial charge is 0.394 e. The van der Waals surface area contributed by atoms with Crippen LogP contribution in [0.4, 0.5) is 0 Å². The Kier molecular flexibility index (Phi) is 9.54. The summed E-state index contributed by atoms with van der Waals surface area (Å²) in [5.41, 5.74) is 0. The highest BCUT2D eigenvalue weighted by Gasteiger charge is 2.54. The zero-order chi connectivity index (χ0) is 25.3. The second kappa shape index (κ2) is 11.6. The predicted molar refractivity (Wildman–Crippen MR) is 101 cm³/mol. The molecule has 0 aromatic heterocycles. The molecule has 0 aromatic rings. The highest BCUT2D eigenvalue weighted by atomic mass is 16.8. The summed E-state index contributed by atoms with van der Waals surface area (Å²) in [6.45, 7) is -2.38. The van der Waals surface area contributed by atoms with Crippen molar-refractivity contribution in [3.8, 4) is 0 Å². The number of aliphatic hydroxyl groups excluding tert-OH is 11. The highest BCUT2D eigenvalue weighted by molar-refractivity contribution is 4.97. The van der Waals surface area contributed by atoms with Crippen LogP contribution in [0.2, 0.25) is 0 Å². The molecule has 34 heavy (non-hydrogen) atoms. The van der Waals surface area contributed by atoms with Crippen LogP contribution in [0.1, 0.15) is 0 Å². The van der Waals surface area contributed by atoms with Crippen molar-refractivity contribution in [2.45, 2.75) is 92.1 Å². The SMILES string of the molecule is OC[C@@H](O)[C@@H]1O[C@@H](O[C@H]2[C@H](O)[C@H](O[C@@H]3O[C@@H]([C@H](O)CO)[C@H](O)[C@H]3O)C(O)O[C@@H]2CO)[C@H](O)[C@H]1O. The van der Waals surface area contributed by atoms with Crippen LogP contribution in [-0.4, -0.2) is 168 Å². The molecule has 11 N–H and O–H groups in total. The van der Waals surface area contributed by atoms with Crippen LogP contribution in [0.15, 0.2) is 0 Å². The van der Waals surface area contributed by atoms with Gasteiger partial charge in [-0.05, 0) is 0 Å². The van der Waals surface area contributed by atoms with Crippen LogP contribution >= 0.6 is 0 Å². The average molecular weight is 504 g/mol. The van der Waals surface area contributed by atoms with Gasteiger partial charge in [-0.15, -0.1) is 0 Å². The molecule has 0 spiro atoms. The molecule has 200 valence electrons. The second-order valence-corrected chi connectivity index (χ2v) is 8.34. The highest BCUT2D eigenvalue weighted by Crippen LogP contribution is 2.33. The van der Waals surface area contributed by atoms with E-state index in [0.717, 1.165) is 0 Å². The third-order valence-electron chi connectivity index (χ3n) is 6.04. The summed E-state index contributed by atoms with van der Waals surface area (Å²) < 4.78 is 26.4. The quantitative estimate of drug-likeness (QED) is 0.139. The number of hydrogen-bond donors (Lipinski definition) is 11. The first-order chi connectivity index (χ1) is 16.0. The summed E-state index contributed by atoms with van der Waals surface area (Å²) in [7, 11) is 0. The molecule has 3 rings (SSSR count). The fourth-order valence-electron chi connectivity index (χ4n) is 4.09. The molecule has 16 nitrogen and oxygen atoms in total. The Morgan fingerprint density at radius 2 is 1.03 bits per heavy atom. The average Bonchev–Trinajstić information content (AvgIpc) is 3.27. The van der Waals surface area contributed by atoms with Crippen molar-refractivity contribution >= 4 is 0 Å². The van der Waals surface area contributed by atoms with Gasteiger partial charge in [0.05, 0.1) is 19.8 Å². The van der Waals surface area contributed by atoms with Crippen LogP contribution < -0.4 is 0 Å². The molecule has 0 saturated carbocycles. The zero-order valence-corrected chi connectivity index (χ0v) is 17.7. The summed E-state index contributed by atoms with van der Waals surface area (Å²) >= 11 is 0. The molecule has 1 unspecified atom stereocenters. The van der Waals surface area contributed by atoms with Crippen molar-refractivity contribution in [3.05, 3.63) is 0 Å². The Hall–Kier alpha value is -0.640. The van der Waals surface area contributed by atoms with Gasteiger partial charge in [-0.25, -0.2) is 0 Å². The number of aliphatic hydroxyl groups is 11. The van der Waals surface area contributed by atoms with Gasteiger partial charge < -0.3 is 79.9 Å². The normalized spacial score (nSPS) is 49.3. The Bertz CT molecular complexity index is 641. The van der Waals surface area contributed by atoms with E-state index in [9.17, 15) is 46.0 Å². The van der Waals surface area contributed by atoms with Gasteiger partial charge in [0.1, 0.15) is 73.2 Å². The maximum absolute atomic E-state index is 10.8. The third kappa shape index (κ3) is 5.37. The number of rotatable bonds is 9. The van der Waals surface area contributed by atoms with E-state index in [0.29, 0.717) is 0 Å². The van der Waals surface area contributed by atoms with E-state index in [1.54, 1.807) is 0 Å². The van der Waals surface area contributed by atoms with Crippen LogP contribution in [0.5, 0.6) is 0 Å². The van der Waals surface area contributed by atoms with Gasteiger partial charge in [0.15, 0.2) is 18.9 Å².